The summed E-state index contributed by atoms with van der Waals surface area (Å²) in [6, 6.07) is 0. The molecule has 1 aromatic heterocycles. The number of rotatable bonds is 3. The van der Waals surface area contributed by atoms with Gasteiger partial charge >= 0.3 is 0 Å². The molecule has 0 unspecified atom stereocenters. The quantitative estimate of drug-likeness (QED) is 0.782. The highest BCUT2D eigenvalue weighted by Gasteiger charge is 2.26. The zero-order chi connectivity index (χ0) is 12.3. The third-order valence-corrected chi connectivity index (χ3v) is 2.55. The Hall–Kier alpha value is -1.50. The highest BCUT2D eigenvalue weighted by Crippen LogP contribution is 2.25. The SMILES string of the molecule is CC(C)(C)c1nnsc1C(=O)NCC(N)=O. The van der Waals surface area contributed by atoms with Gasteiger partial charge in [-0.3, -0.25) is 9.59 Å². The van der Waals surface area contributed by atoms with Crippen molar-refractivity contribution in [2.24, 2.45) is 5.73 Å². The molecule has 0 saturated carbocycles. The molecule has 0 spiro atoms. The average molecular weight is 242 g/mol. The van der Waals surface area contributed by atoms with Crippen LogP contribution in [-0.2, 0) is 10.2 Å². The van der Waals surface area contributed by atoms with Crippen molar-refractivity contribution >= 4 is 23.3 Å². The summed E-state index contributed by atoms with van der Waals surface area (Å²) in [5, 5.41) is 6.34. The van der Waals surface area contributed by atoms with E-state index >= 15 is 0 Å². The summed E-state index contributed by atoms with van der Waals surface area (Å²) < 4.78 is 3.75. The summed E-state index contributed by atoms with van der Waals surface area (Å²) in [6.07, 6.45) is 0. The van der Waals surface area contributed by atoms with Gasteiger partial charge in [-0.2, -0.15) is 0 Å². The molecular weight excluding hydrogens is 228 g/mol. The number of nitrogens with two attached hydrogens (primary N) is 1. The van der Waals surface area contributed by atoms with Crippen LogP contribution in [0.2, 0.25) is 0 Å². The Morgan fingerprint density at radius 3 is 2.56 bits per heavy atom. The summed E-state index contributed by atoms with van der Waals surface area (Å²) in [5.74, 6) is -0.943. The first-order chi connectivity index (χ1) is 7.32. The molecule has 0 aliphatic heterocycles. The van der Waals surface area contributed by atoms with Crippen molar-refractivity contribution in [3.8, 4) is 0 Å². The monoisotopic (exact) mass is 242 g/mol. The second kappa shape index (κ2) is 4.56. The second-order valence-electron chi connectivity index (χ2n) is 4.35. The van der Waals surface area contributed by atoms with Gasteiger partial charge in [-0.05, 0) is 11.5 Å². The lowest BCUT2D eigenvalue weighted by molar-refractivity contribution is -0.117. The Morgan fingerprint density at radius 1 is 1.44 bits per heavy atom. The molecule has 16 heavy (non-hydrogen) atoms. The molecule has 0 fully saturated rings. The van der Waals surface area contributed by atoms with E-state index in [1.807, 2.05) is 20.8 Å². The van der Waals surface area contributed by atoms with Crippen molar-refractivity contribution in [1.82, 2.24) is 14.9 Å². The first-order valence-electron chi connectivity index (χ1n) is 4.71. The maximum atomic E-state index is 11.7. The Kier molecular flexibility index (Phi) is 3.58. The molecule has 7 heteroatoms. The molecule has 6 nitrogen and oxygen atoms in total. The summed E-state index contributed by atoms with van der Waals surface area (Å²) >= 11 is 1.01. The normalized spacial score (nSPS) is 11.2. The van der Waals surface area contributed by atoms with E-state index < -0.39 is 5.91 Å². The summed E-state index contributed by atoms with van der Waals surface area (Å²) in [6.45, 7) is 5.64. The van der Waals surface area contributed by atoms with Crippen LogP contribution in [0.25, 0.3) is 0 Å². The van der Waals surface area contributed by atoms with E-state index in [0.717, 1.165) is 11.5 Å². The Morgan fingerprint density at radius 2 is 2.06 bits per heavy atom. The van der Waals surface area contributed by atoms with Crippen LogP contribution in [0.4, 0.5) is 0 Å². The number of hydrogen-bond acceptors (Lipinski definition) is 5. The molecule has 88 valence electrons. The van der Waals surface area contributed by atoms with Crippen LogP contribution in [0, 0.1) is 0 Å². The molecule has 1 heterocycles. The van der Waals surface area contributed by atoms with E-state index in [1.165, 1.54) is 0 Å². The van der Waals surface area contributed by atoms with E-state index in [1.54, 1.807) is 0 Å². The summed E-state index contributed by atoms with van der Waals surface area (Å²) in [4.78, 5) is 22.6. The minimum Gasteiger partial charge on any atom is -0.368 e. The maximum absolute atomic E-state index is 11.7. The van der Waals surface area contributed by atoms with Crippen LogP contribution in [0.5, 0.6) is 0 Å². The number of carbonyl (C=O) groups excluding carboxylic acids is 2. The predicted molar refractivity (Wildman–Crippen MR) is 60.1 cm³/mol. The number of hydrogen-bond donors (Lipinski definition) is 2. The summed E-state index contributed by atoms with van der Waals surface area (Å²) in [5.41, 5.74) is 5.30. The highest BCUT2D eigenvalue weighted by molar-refractivity contribution is 7.08. The first-order valence-corrected chi connectivity index (χ1v) is 5.49. The number of amides is 2. The summed E-state index contributed by atoms with van der Waals surface area (Å²) in [7, 11) is 0. The molecule has 3 N–H and O–H groups in total. The molecule has 0 saturated heterocycles. The molecule has 0 radical (unpaired) electrons. The van der Waals surface area contributed by atoms with E-state index in [0.29, 0.717) is 10.6 Å². The Balaban J connectivity index is 2.84. The van der Waals surface area contributed by atoms with Crippen molar-refractivity contribution in [3.05, 3.63) is 10.6 Å². The van der Waals surface area contributed by atoms with E-state index in [4.69, 9.17) is 5.73 Å². The number of nitrogens with zero attached hydrogens (tertiary/aromatic N) is 2. The third kappa shape index (κ3) is 2.99. The fourth-order valence-corrected chi connectivity index (χ4v) is 1.87. The average Bonchev–Trinajstić information content (AvgIpc) is 2.61. The van der Waals surface area contributed by atoms with Crippen molar-refractivity contribution in [1.29, 1.82) is 0 Å². The molecule has 0 aromatic carbocycles. The number of carbonyl (C=O) groups is 2. The van der Waals surface area contributed by atoms with Gasteiger partial charge in [0.2, 0.25) is 5.91 Å². The number of nitrogens with one attached hydrogen (secondary N) is 1. The second-order valence-corrected chi connectivity index (χ2v) is 5.10. The van der Waals surface area contributed by atoms with Crippen LogP contribution >= 0.6 is 11.5 Å². The van der Waals surface area contributed by atoms with Crippen LogP contribution in [0.3, 0.4) is 0 Å². The van der Waals surface area contributed by atoms with Gasteiger partial charge in [0, 0.05) is 5.41 Å². The molecule has 0 atom stereocenters. The number of primary amides is 1. The lowest BCUT2D eigenvalue weighted by atomic mass is 9.91. The molecule has 0 aliphatic carbocycles. The van der Waals surface area contributed by atoms with Gasteiger partial charge in [0.25, 0.3) is 5.91 Å². The largest absolute Gasteiger partial charge is 0.368 e. The van der Waals surface area contributed by atoms with Crippen LogP contribution < -0.4 is 11.1 Å². The van der Waals surface area contributed by atoms with Gasteiger partial charge in [0.05, 0.1) is 12.2 Å². The van der Waals surface area contributed by atoms with Crippen molar-refractivity contribution < 1.29 is 9.59 Å². The smallest absolute Gasteiger partial charge is 0.265 e. The zero-order valence-corrected chi connectivity index (χ0v) is 10.2. The van der Waals surface area contributed by atoms with E-state index in [-0.39, 0.29) is 17.9 Å². The van der Waals surface area contributed by atoms with Gasteiger partial charge in [0.15, 0.2) is 0 Å². The first kappa shape index (κ1) is 12.6. The van der Waals surface area contributed by atoms with Crippen LogP contribution in [-0.4, -0.2) is 27.9 Å². The zero-order valence-electron chi connectivity index (χ0n) is 9.40. The Labute approximate surface area is 97.4 Å². The maximum Gasteiger partial charge on any atom is 0.265 e. The third-order valence-electron chi connectivity index (χ3n) is 1.83. The number of aromatic nitrogens is 2. The molecule has 2 amide bonds. The fraction of sp³-hybridized carbons (Fsp3) is 0.556. The van der Waals surface area contributed by atoms with Crippen molar-refractivity contribution in [2.45, 2.75) is 26.2 Å². The van der Waals surface area contributed by atoms with Crippen molar-refractivity contribution in [2.75, 3.05) is 6.54 Å². The highest BCUT2D eigenvalue weighted by atomic mass is 32.1. The van der Waals surface area contributed by atoms with Crippen LogP contribution in [0.15, 0.2) is 0 Å². The minimum atomic E-state index is -0.580. The Bertz CT molecular complexity index is 408. The lowest BCUT2D eigenvalue weighted by Gasteiger charge is -2.15. The standard InChI is InChI=1S/C9H14N4O2S/c1-9(2,3)7-6(16-13-12-7)8(15)11-4-5(10)14/h4H2,1-3H3,(H2,10,14)(H,11,15). The fourth-order valence-electron chi connectivity index (χ4n) is 1.08. The molecule has 1 rings (SSSR count). The van der Waals surface area contributed by atoms with E-state index in [2.05, 4.69) is 14.9 Å². The minimum absolute atomic E-state index is 0.180. The molecule has 0 aliphatic rings. The topological polar surface area (TPSA) is 98.0 Å². The predicted octanol–water partition coefficient (Wildman–Crippen LogP) is 0.0507. The van der Waals surface area contributed by atoms with Crippen LogP contribution in [0.1, 0.15) is 36.1 Å². The van der Waals surface area contributed by atoms with Crippen molar-refractivity contribution in [3.63, 3.8) is 0 Å². The molecule has 1 aromatic rings. The lowest BCUT2D eigenvalue weighted by Crippen LogP contribution is -2.34. The van der Waals surface area contributed by atoms with E-state index in [9.17, 15) is 9.59 Å². The van der Waals surface area contributed by atoms with Gasteiger partial charge in [0.1, 0.15) is 4.88 Å². The van der Waals surface area contributed by atoms with Gasteiger partial charge < -0.3 is 11.1 Å². The molecular formula is C9H14N4O2S. The van der Waals surface area contributed by atoms with Gasteiger partial charge in [-0.15, -0.1) is 5.10 Å². The van der Waals surface area contributed by atoms with Gasteiger partial charge in [-0.1, -0.05) is 25.3 Å². The van der Waals surface area contributed by atoms with Gasteiger partial charge in [-0.25, -0.2) is 0 Å². The molecule has 0 bridgehead atoms.